The highest BCUT2D eigenvalue weighted by molar-refractivity contribution is 7.93. The van der Waals surface area contributed by atoms with Crippen molar-refractivity contribution in [2.24, 2.45) is 5.41 Å². The molecule has 2 aromatic rings. The second-order valence-corrected chi connectivity index (χ2v) is 12.6. The standard InChI is InChI=1S/C25H32F2N8O5S/c1-16-13-17(32-23(29-16)35-11-7-25(26,27)8-12-35)31-22(37)20-21(34-9-5-24(3-4-24)6-10-34)30-18(14-28-20)33-41(38,39)15-19(36)40-2/h13-14H,3-12,15H2,1-2H3,(H,30,33)(H,29,31,32,37). The van der Waals surface area contributed by atoms with Gasteiger partial charge in [0, 0.05) is 50.8 Å². The molecule has 0 atom stereocenters. The Balaban J connectivity index is 1.38. The van der Waals surface area contributed by atoms with E-state index in [0.717, 1.165) is 39.0 Å². The van der Waals surface area contributed by atoms with Gasteiger partial charge >= 0.3 is 5.97 Å². The van der Waals surface area contributed by atoms with Crippen LogP contribution in [0, 0.1) is 12.3 Å². The van der Waals surface area contributed by atoms with Crippen LogP contribution in [0.4, 0.5) is 32.2 Å². The second kappa shape index (κ2) is 10.9. The molecule has 0 aromatic carbocycles. The number of halogens is 2. The van der Waals surface area contributed by atoms with Gasteiger partial charge in [0.25, 0.3) is 11.8 Å². The molecule has 2 aliphatic heterocycles. The zero-order chi connectivity index (χ0) is 29.4. The number of nitrogens with one attached hydrogen (secondary N) is 2. The number of carbonyl (C=O) groups excluding carboxylic acids is 2. The van der Waals surface area contributed by atoms with Crippen LogP contribution < -0.4 is 19.8 Å². The SMILES string of the molecule is COC(=O)CS(=O)(=O)Nc1cnc(C(=O)Nc2cc(C)nc(N3CCC(F)(F)CC3)n2)c(N2CCC3(CC2)CC3)n1. The molecule has 222 valence electrons. The Bertz CT molecular complexity index is 1430. The van der Waals surface area contributed by atoms with Crippen molar-refractivity contribution in [3.8, 4) is 0 Å². The number of hydrogen-bond acceptors (Lipinski definition) is 11. The van der Waals surface area contributed by atoms with Crippen LogP contribution in [0.5, 0.6) is 0 Å². The third kappa shape index (κ3) is 6.97. The van der Waals surface area contributed by atoms with Gasteiger partial charge in [-0.1, -0.05) is 0 Å². The van der Waals surface area contributed by atoms with Crippen molar-refractivity contribution in [2.45, 2.75) is 51.4 Å². The average Bonchev–Trinajstić information content (AvgIpc) is 3.66. The summed E-state index contributed by atoms with van der Waals surface area (Å²) in [5.74, 6) is -4.74. The number of aryl methyl sites for hydroxylation is 1. The highest BCUT2D eigenvalue weighted by atomic mass is 32.2. The minimum atomic E-state index is -4.13. The predicted molar refractivity (Wildman–Crippen MR) is 146 cm³/mol. The normalized spacial score (nSPS) is 19.5. The van der Waals surface area contributed by atoms with Gasteiger partial charge in [0.1, 0.15) is 5.82 Å². The van der Waals surface area contributed by atoms with Crippen molar-refractivity contribution in [1.29, 1.82) is 0 Å². The highest BCUT2D eigenvalue weighted by Crippen LogP contribution is 2.54. The van der Waals surface area contributed by atoms with E-state index in [-0.39, 0.29) is 55.0 Å². The van der Waals surface area contributed by atoms with Gasteiger partial charge in [-0.05, 0) is 38.0 Å². The number of hydrogen-bond donors (Lipinski definition) is 2. The molecule has 2 N–H and O–H groups in total. The first-order valence-corrected chi connectivity index (χ1v) is 15.0. The first-order chi connectivity index (χ1) is 19.4. The van der Waals surface area contributed by atoms with E-state index in [0.29, 0.717) is 24.2 Å². The number of amides is 1. The molecular formula is C25H32F2N8O5S. The summed E-state index contributed by atoms with van der Waals surface area (Å²) >= 11 is 0. The summed E-state index contributed by atoms with van der Waals surface area (Å²) in [5.41, 5.74) is 0.831. The first-order valence-electron chi connectivity index (χ1n) is 13.4. The lowest BCUT2D eigenvalue weighted by atomic mass is 9.93. The molecule has 13 nitrogen and oxygen atoms in total. The van der Waals surface area contributed by atoms with Gasteiger partial charge in [0.15, 0.2) is 23.1 Å². The van der Waals surface area contributed by atoms with Crippen LogP contribution in [0.3, 0.4) is 0 Å². The molecule has 3 fully saturated rings. The number of ether oxygens (including phenoxy) is 1. The minimum Gasteiger partial charge on any atom is -0.468 e. The maximum Gasteiger partial charge on any atom is 0.322 e. The molecule has 0 bridgehead atoms. The Morgan fingerprint density at radius 1 is 0.976 bits per heavy atom. The Labute approximate surface area is 236 Å². The van der Waals surface area contributed by atoms with E-state index in [2.05, 4.69) is 34.7 Å². The van der Waals surface area contributed by atoms with E-state index in [9.17, 15) is 26.8 Å². The van der Waals surface area contributed by atoms with Crippen molar-refractivity contribution in [2.75, 3.05) is 58.9 Å². The number of alkyl halides is 2. The topological polar surface area (TPSA) is 160 Å². The maximum absolute atomic E-state index is 13.6. The molecule has 2 saturated heterocycles. The third-order valence-corrected chi connectivity index (χ3v) is 8.84. The van der Waals surface area contributed by atoms with Gasteiger partial charge in [-0.15, -0.1) is 0 Å². The van der Waals surface area contributed by atoms with Crippen molar-refractivity contribution < 1.29 is 31.5 Å². The number of rotatable bonds is 8. The first kappa shape index (κ1) is 28.8. The quantitative estimate of drug-likeness (QED) is 0.432. The summed E-state index contributed by atoms with van der Waals surface area (Å²) in [5, 5.41) is 2.71. The molecule has 1 aliphatic carbocycles. The number of anilines is 4. The molecule has 1 amide bonds. The zero-order valence-corrected chi connectivity index (χ0v) is 23.6. The highest BCUT2D eigenvalue weighted by Gasteiger charge is 2.45. The van der Waals surface area contributed by atoms with E-state index < -0.39 is 33.6 Å². The monoisotopic (exact) mass is 594 g/mol. The number of esters is 1. The van der Waals surface area contributed by atoms with E-state index in [1.54, 1.807) is 17.9 Å². The minimum absolute atomic E-state index is 0.0388. The molecule has 5 rings (SSSR count). The van der Waals surface area contributed by atoms with Crippen molar-refractivity contribution in [1.82, 2.24) is 19.9 Å². The third-order valence-electron chi connectivity index (χ3n) is 7.71. The zero-order valence-electron chi connectivity index (χ0n) is 22.8. The molecule has 0 unspecified atom stereocenters. The molecule has 16 heteroatoms. The molecule has 1 spiro atoms. The maximum atomic E-state index is 13.6. The van der Waals surface area contributed by atoms with E-state index in [1.807, 2.05) is 4.90 Å². The molecule has 4 heterocycles. The second-order valence-electron chi connectivity index (χ2n) is 10.8. The summed E-state index contributed by atoms with van der Waals surface area (Å²) < 4.78 is 58.8. The van der Waals surface area contributed by atoms with Crippen molar-refractivity contribution in [3.05, 3.63) is 23.7 Å². The van der Waals surface area contributed by atoms with Crippen LogP contribution in [0.1, 0.15) is 54.7 Å². The van der Waals surface area contributed by atoms with Gasteiger partial charge in [-0.25, -0.2) is 32.2 Å². The van der Waals surface area contributed by atoms with Gasteiger partial charge in [0.05, 0.1) is 13.3 Å². The summed E-state index contributed by atoms with van der Waals surface area (Å²) in [4.78, 5) is 45.9. The molecule has 1 saturated carbocycles. The Kier molecular flexibility index (Phi) is 7.70. The van der Waals surface area contributed by atoms with Crippen LogP contribution in [0.15, 0.2) is 12.3 Å². The Morgan fingerprint density at radius 2 is 1.63 bits per heavy atom. The molecule has 3 aliphatic rings. The van der Waals surface area contributed by atoms with Crippen LogP contribution >= 0.6 is 0 Å². The van der Waals surface area contributed by atoms with Gasteiger partial charge in [0.2, 0.25) is 16.0 Å². The van der Waals surface area contributed by atoms with Crippen molar-refractivity contribution in [3.63, 3.8) is 0 Å². The van der Waals surface area contributed by atoms with Crippen LogP contribution in [0.2, 0.25) is 0 Å². The lowest BCUT2D eigenvalue weighted by Crippen LogP contribution is -2.40. The average molecular weight is 595 g/mol. The summed E-state index contributed by atoms with van der Waals surface area (Å²) in [7, 11) is -3.04. The van der Waals surface area contributed by atoms with Crippen LogP contribution in [0.25, 0.3) is 0 Å². The largest absolute Gasteiger partial charge is 0.468 e. The fourth-order valence-corrected chi connectivity index (χ4v) is 5.97. The fraction of sp³-hybridized carbons (Fsp3) is 0.600. The lowest BCUT2D eigenvalue weighted by molar-refractivity contribution is -0.137. The number of sulfonamides is 1. The van der Waals surface area contributed by atoms with Gasteiger partial charge in [-0.2, -0.15) is 4.98 Å². The number of carbonyl (C=O) groups is 2. The van der Waals surface area contributed by atoms with E-state index in [1.165, 1.54) is 0 Å². The Morgan fingerprint density at radius 3 is 2.27 bits per heavy atom. The number of piperidine rings is 2. The smallest absolute Gasteiger partial charge is 0.322 e. The predicted octanol–water partition coefficient (Wildman–Crippen LogP) is 2.36. The van der Waals surface area contributed by atoms with Crippen molar-refractivity contribution >= 4 is 45.3 Å². The molecular weight excluding hydrogens is 562 g/mol. The number of aromatic nitrogens is 4. The van der Waals surface area contributed by atoms with E-state index in [4.69, 9.17) is 0 Å². The molecule has 2 aromatic heterocycles. The summed E-state index contributed by atoms with van der Waals surface area (Å²) in [6, 6.07) is 1.56. The Hall–Kier alpha value is -3.69. The number of nitrogens with zero attached hydrogens (tertiary/aromatic N) is 6. The van der Waals surface area contributed by atoms with Gasteiger partial charge in [-0.3, -0.25) is 14.3 Å². The fourth-order valence-electron chi connectivity index (χ4n) is 5.06. The van der Waals surface area contributed by atoms with Gasteiger partial charge < -0.3 is 19.9 Å². The van der Waals surface area contributed by atoms with Crippen LogP contribution in [-0.2, 0) is 19.6 Å². The lowest BCUT2D eigenvalue weighted by Gasteiger charge is -2.33. The number of methoxy groups -OCH3 is 1. The van der Waals surface area contributed by atoms with Crippen LogP contribution in [-0.4, -0.2) is 85.2 Å². The van der Waals surface area contributed by atoms with E-state index >= 15 is 0 Å². The molecule has 41 heavy (non-hydrogen) atoms. The molecule has 0 radical (unpaired) electrons. The summed E-state index contributed by atoms with van der Waals surface area (Å²) in [6.45, 7) is 3.11. The summed E-state index contributed by atoms with van der Waals surface area (Å²) in [6.07, 6.45) is 4.64.